The van der Waals surface area contributed by atoms with Gasteiger partial charge < -0.3 is 14.6 Å². The van der Waals surface area contributed by atoms with E-state index in [-0.39, 0.29) is 18.3 Å². The largest absolute Gasteiger partial charge is 0.481 e. The van der Waals surface area contributed by atoms with Gasteiger partial charge in [-0.2, -0.15) is 0 Å². The first-order valence-corrected chi connectivity index (χ1v) is 7.06. The Hall–Kier alpha value is -0.610. The van der Waals surface area contributed by atoms with E-state index in [9.17, 15) is 9.90 Å². The van der Waals surface area contributed by atoms with Crippen LogP contribution in [0.15, 0.2) is 0 Å². The van der Waals surface area contributed by atoms with E-state index in [0.29, 0.717) is 0 Å². The zero-order chi connectivity index (χ0) is 13.5. The van der Waals surface area contributed by atoms with E-state index >= 15 is 0 Å². The van der Waals surface area contributed by atoms with Gasteiger partial charge in [0.1, 0.15) is 0 Å². The number of hydrogen-bond donors (Lipinski definition) is 1. The molecule has 1 aliphatic rings. The molecule has 0 saturated carbocycles. The molecule has 0 aromatic rings. The van der Waals surface area contributed by atoms with Crippen molar-refractivity contribution < 1.29 is 19.4 Å². The molecular weight excluding hydrogens is 232 g/mol. The second kappa shape index (κ2) is 7.74. The Balaban J connectivity index is 2.60. The Kier molecular flexibility index (Phi) is 6.65. The molecule has 0 bridgehead atoms. The lowest BCUT2D eigenvalue weighted by atomic mass is 9.90. The highest BCUT2D eigenvalue weighted by molar-refractivity contribution is 5.70. The SMILES string of the molecule is CCCC(C)C(OC1CCCCO1)C(C)C(=O)O. The van der Waals surface area contributed by atoms with Crippen molar-refractivity contribution in [3.63, 3.8) is 0 Å². The molecule has 0 spiro atoms. The van der Waals surface area contributed by atoms with Crippen molar-refractivity contribution in [3.8, 4) is 0 Å². The number of aliphatic carboxylic acids is 1. The van der Waals surface area contributed by atoms with Gasteiger partial charge in [-0.1, -0.05) is 20.3 Å². The quantitative estimate of drug-likeness (QED) is 0.762. The second-order valence-corrected chi connectivity index (χ2v) is 5.29. The maximum atomic E-state index is 11.2. The molecular formula is C14H26O4. The predicted molar refractivity (Wildman–Crippen MR) is 69.3 cm³/mol. The van der Waals surface area contributed by atoms with Gasteiger partial charge in [0.2, 0.25) is 0 Å². The first kappa shape index (κ1) is 15.4. The fourth-order valence-electron chi connectivity index (χ4n) is 2.50. The van der Waals surface area contributed by atoms with Gasteiger partial charge in [-0.3, -0.25) is 4.79 Å². The van der Waals surface area contributed by atoms with Crippen molar-refractivity contribution in [1.82, 2.24) is 0 Å². The smallest absolute Gasteiger partial charge is 0.308 e. The number of hydrogen-bond acceptors (Lipinski definition) is 3. The van der Waals surface area contributed by atoms with E-state index in [1.165, 1.54) is 0 Å². The molecule has 1 saturated heterocycles. The Morgan fingerprint density at radius 2 is 2.17 bits per heavy atom. The van der Waals surface area contributed by atoms with Crippen molar-refractivity contribution in [1.29, 1.82) is 0 Å². The average molecular weight is 258 g/mol. The Bertz CT molecular complexity index is 248. The molecule has 0 aromatic heterocycles. The lowest BCUT2D eigenvalue weighted by molar-refractivity contribution is -0.211. The zero-order valence-corrected chi connectivity index (χ0v) is 11.7. The highest BCUT2D eigenvalue weighted by Gasteiger charge is 2.32. The van der Waals surface area contributed by atoms with Gasteiger partial charge in [0.15, 0.2) is 6.29 Å². The summed E-state index contributed by atoms with van der Waals surface area (Å²) < 4.78 is 11.5. The molecule has 18 heavy (non-hydrogen) atoms. The third-order valence-corrected chi connectivity index (χ3v) is 3.63. The summed E-state index contributed by atoms with van der Waals surface area (Å²) >= 11 is 0. The Morgan fingerprint density at radius 3 is 2.67 bits per heavy atom. The van der Waals surface area contributed by atoms with E-state index < -0.39 is 11.9 Å². The standard InChI is InChI=1S/C14H26O4/c1-4-7-10(2)13(11(3)14(15)16)18-12-8-5-6-9-17-12/h10-13H,4-9H2,1-3H3,(H,15,16). The summed E-state index contributed by atoms with van der Waals surface area (Å²) in [6.45, 7) is 6.62. The van der Waals surface area contributed by atoms with Crippen molar-refractivity contribution in [2.24, 2.45) is 11.8 Å². The van der Waals surface area contributed by atoms with Gasteiger partial charge in [-0.05, 0) is 38.5 Å². The summed E-state index contributed by atoms with van der Waals surface area (Å²) in [5.74, 6) is -1.04. The molecule has 4 atom stereocenters. The van der Waals surface area contributed by atoms with Crippen LogP contribution in [-0.4, -0.2) is 30.1 Å². The molecule has 1 aliphatic heterocycles. The molecule has 1 heterocycles. The molecule has 1 N–H and O–H groups in total. The monoisotopic (exact) mass is 258 g/mol. The van der Waals surface area contributed by atoms with Gasteiger partial charge in [-0.25, -0.2) is 0 Å². The van der Waals surface area contributed by atoms with E-state index in [1.54, 1.807) is 6.92 Å². The molecule has 1 rings (SSSR count). The highest BCUT2D eigenvalue weighted by Crippen LogP contribution is 2.26. The third kappa shape index (κ3) is 4.58. The maximum absolute atomic E-state index is 11.2. The van der Waals surface area contributed by atoms with Crippen LogP contribution in [-0.2, 0) is 14.3 Å². The van der Waals surface area contributed by atoms with E-state index in [4.69, 9.17) is 9.47 Å². The van der Waals surface area contributed by atoms with E-state index in [1.807, 2.05) is 0 Å². The van der Waals surface area contributed by atoms with Crippen molar-refractivity contribution in [3.05, 3.63) is 0 Å². The van der Waals surface area contributed by atoms with Crippen LogP contribution < -0.4 is 0 Å². The van der Waals surface area contributed by atoms with E-state index in [2.05, 4.69) is 13.8 Å². The average Bonchev–Trinajstić information content (AvgIpc) is 2.36. The molecule has 0 aromatic carbocycles. The van der Waals surface area contributed by atoms with Crippen LogP contribution in [0.2, 0.25) is 0 Å². The van der Waals surface area contributed by atoms with Gasteiger partial charge in [-0.15, -0.1) is 0 Å². The summed E-state index contributed by atoms with van der Waals surface area (Å²) in [7, 11) is 0. The van der Waals surface area contributed by atoms with Crippen LogP contribution in [0.25, 0.3) is 0 Å². The summed E-state index contributed by atoms with van der Waals surface area (Å²) in [5.41, 5.74) is 0. The fourth-order valence-corrected chi connectivity index (χ4v) is 2.50. The molecule has 0 amide bonds. The van der Waals surface area contributed by atoms with Crippen molar-refractivity contribution in [2.75, 3.05) is 6.61 Å². The van der Waals surface area contributed by atoms with Crippen LogP contribution >= 0.6 is 0 Å². The summed E-state index contributed by atoms with van der Waals surface area (Å²) in [4.78, 5) is 11.2. The Morgan fingerprint density at radius 1 is 1.44 bits per heavy atom. The first-order valence-electron chi connectivity index (χ1n) is 7.06. The fraction of sp³-hybridized carbons (Fsp3) is 0.929. The minimum absolute atomic E-state index is 0.218. The van der Waals surface area contributed by atoms with Crippen molar-refractivity contribution in [2.45, 2.75) is 65.3 Å². The third-order valence-electron chi connectivity index (χ3n) is 3.63. The van der Waals surface area contributed by atoms with Crippen LogP contribution in [0, 0.1) is 11.8 Å². The first-order chi connectivity index (χ1) is 8.56. The minimum Gasteiger partial charge on any atom is -0.481 e. The van der Waals surface area contributed by atoms with Crippen LogP contribution in [0.3, 0.4) is 0 Å². The molecule has 4 heteroatoms. The molecule has 1 fully saturated rings. The lowest BCUT2D eigenvalue weighted by Gasteiger charge is -2.33. The Labute approximate surface area is 110 Å². The van der Waals surface area contributed by atoms with Crippen LogP contribution in [0.1, 0.15) is 52.9 Å². The maximum Gasteiger partial charge on any atom is 0.308 e. The van der Waals surface area contributed by atoms with Crippen molar-refractivity contribution >= 4 is 5.97 Å². The van der Waals surface area contributed by atoms with Gasteiger partial charge in [0.05, 0.1) is 12.0 Å². The summed E-state index contributed by atoms with van der Waals surface area (Å²) in [6.07, 6.45) is 4.59. The summed E-state index contributed by atoms with van der Waals surface area (Å²) in [6, 6.07) is 0. The normalized spacial score (nSPS) is 25.4. The molecule has 4 unspecified atom stereocenters. The number of rotatable bonds is 7. The molecule has 0 aliphatic carbocycles. The molecule has 4 nitrogen and oxygen atoms in total. The zero-order valence-electron chi connectivity index (χ0n) is 11.7. The highest BCUT2D eigenvalue weighted by atomic mass is 16.7. The number of ether oxygens (including phenoxy) is 2. The van der Waals surface area contributed by atoms with Gasteiger partial charge >= 0.3 is 5.97 Å². The summed E-state index contributed by atoms with van der Waals surface area (Å²) in [5, 5.41) is 9.18. The number of carboxylic acid groups (broad SMARTS) is 1. The molecule has 0 radical (unpaired) electrons. The second-order valence-electron chi connectivity index (χ2n) is 5.29. The van der Waals surface area contributed by atoms with Gasteiger partial charge in [0.25, 0.3) is 0 Å². The number of carboxylic acids is 1. The predicted octanol–water partition coefficient (Wildman–Crippen LogP) is 3.06. The van der Waals surface area contributed by atoms with Gasteiger partial charge in [0, 0.05) is 6.61 Å². The van der Waals surface area contributed by atoms with Crippen LogP contribution in [0.5, 0.6) is 0 Å². The topological polar surface area (TPSA) is 55.8 Å². The minimum atomic E-state index is -0.793. The van der Waals surface area contributed by atoms with E-state index in [0.717, 1.165) is 38.7 Å². The molecule has 106 valence electrons. The lowest BCUT2D eigenvalue weighted by Crippen LogP contribution is -2.38. The van der Waals surface area contributed by atoms with Crippen LogP contribution in [0.4, 0.5) is 0 Å². The number of carbonyl (C=O) groups is 1.